The Labute approximate surface area is 145 Å². The number of carbonyl (C=O) groups is 2. The molecule has 1 saturated heterocycles. The Hall–Kier alpha value is -3.00. The lowest BCUT2D eigenvalue weighted by Gasteiger charge is -2.33. The monoisotopic (exact) mass is 345 g/mol. The number of hydrazine groups is 1. The van der Waals surface area contributed by atoms with E-state index in [4.69, 9.17) is 4.42 Å². The van der Waals surface area contributed by atoms with Crippen LogP contribution in [0.2, 0.25) is 0 Å². The van der Waals surface area contributed by atoms with E-state index in [2.05, 4.69) is 15.8 Å². The summed E-state index contributed by atoms with van der Waals surface area (Å²) in [7, 11) is 0. The van der Waals surface area contributed by atoms with E-state index < -0.39 is 5.91 Å². The summed E-state index contributed by atoms with van der Waals surface area (Å²) >= 11 is 0. The normalized spacial score (nSPS) is 15.0. The first kappa shape index (κ1) is 16.8. The van der Waals surface area contributed by atoms with Crippen LogP contribution in [0, 0.1) is 0 Å². The molecule has 3 rings (SSSR count). The molecule has 1 aliphatic heterocycles. The maximum atomic E-state index is 12.0. The average molecular weight is 345 g/mol. The van der Waals surface area contributed by atoms with Crippen molar-refractivity contribution in [3.8, 4) is 5.75 Å². The van der Waals surface area contributed by atoms with Crippen LogP contribution < -0.4 is 20.7 Å². The minimum atomic E-state index is -0.481. The summed E-state index contributed by atoms with van der Waals surface area (Å²) in [5, 5.41) is 9.34. The van der Waals surface area contributed by atoms with Crippen molar-refractivity contribution in [1.29, 1.82) is 0 Å². The summed E-state index contributed by atoms with van der Waals surface area (Å²) in [5.74, 6) is -0.324. The number of piperazine rings is 1. The van der Waals surface area contributed by atoms with Crippen LogP contribution in [0.3, 0.4) is 0 Å². The van der Waals surface area contributed by atoms with E-state index in [0.29, 0.717) is 6.54 Å². The zero-order chi connectivity index (χ0) is 17.6. The van der Waals surface area contributed by atoms with Gasteiger partial charge in [0.1, 0.15) is 5.75 Å². The number of aromatic hydroxyl groups is 1. The predicted octanol–water partition coefficient (Wildman–Crippen LogP) is -0.849. The topological polar surface area (TPSA) is 99.3 Å². The van der Waals surface area contributed by atoms with E-state index >= 15 is 0 Å². The maximum Gasteiger partial charge on any atom is 0.305 e. The SMILES string of the molecule is O=C(C[NH+]1CCN(c2ccc(O)cc2)CC1)NNC(=O)c1ccco1. The average Bonchev–Trinajstić information content (AvgIpc) is 3.16. The number of hydrogen-bond donors (Lipinski definition) is 4. The van der Waals surface area contributed by atoms with Crippen molar-refractivity contribution < 1.29 is 24.0 Å². The number of anilines is 1. The Kier molecular flexibility index (Phi) is 5.20. The van der Waals surface area contributed by atoms with Gasteiger partial charge in [0.25, 0.3) is 5.91 Å². The van der Waals surface area contributed by atoms with Crippen LogP contribution in [0.1, 0.15) is 10.6 Å². The second-order valence-electron chi connectivity index (χ2n) is 5.91. The molecule has 132 valence electrons. The van der Waals surface area contributed by atoms with Gasteiger partial charge in [-0.05, 0) is 36.4 Å². The van der Waals surface area contributed by atoms with E-state index in [-0.39, 0.29) is 17.4 Å². The number of nitrogens with one attached hydrogen (secondary N) is 3. The summed E-state index contributed by atoms with van der Waals surface area (Å²) in [5.41, 5.74) is 5.80. The Morgan fingerprint density at radius 3 is 2.48 bits per heavy atom. The lowest BCUT2D eigenvalue weighted by molar-refractivity contribution is -0.892. The number of phenols is 1. The fourth-order valence-corrected chi connectivity index (χ4v) is 2.79. The molecular weight excluding hydrogens is 324 g/mol. The van der Waals surface area contributed by atoms with Gasteiger partial charge in [-0.3, -0.25) is 20.4 Å². The van der Waals surface area contributed by atoms with E-state index in [1.807, 2.05) is 12.1 Å². The molecule has 0 atom stereocenters. The van der Waals surface area contributed by atoms with Crippen LogP contribution in [0.4, 0.5) is 5.69 Å². The third-order valence-corrected chi connectivity index (χ3v) is 4.16. The van der Waals surface area contributed by atoms with E-state index in [1.54, 1.807) is 18.2 Å². The third kappa shape index (κ3) is 4.51. The molecule has 1 aliphatic rings. The van der Waals surface area contributed by atoms with Crippen molar-refractivity contribution in [2.45, 2.75) is 0 Å². The van der Waals surface area contributed by atoms with Gasteiger partial charge in [-0.2, -0.15) is 0 Å². The van der Waals surface area contributed by atoms with Gasteiger partial charge in [0, 0.05) is 5.69 Å². The van der Waals surface area contributed by atoms with Crippen molar-refractivity contribution in [2.75, 3.05) is 37.6 Å². The van der Waals surface area contributed by atoms with Crippen LogP contribution >= 0.6 is 0 Å². The molecule has 0 spiro atoms. The number of amides is 2. The molecule has 2 heterocycles. The molecule has 25 heavy (non-hydrogen) atoms. The van der Waals surface area contributed by atoms with Crippen molar-refractivity contribution in [3.63, 3.8) is 0 Å². The largest absolute Gasteiger partial charge is 0.508 e. The molecule has 1 aromatic heterocycles. The molecule has 0 unspecified atom stereocenters. The first-order valence-electron chi connectivity index (χ1n) is 8.12. The van der Waals surface area contributed by atoms with Crippen LogP contribution in [0.5, 0.6) is 5.75 Å². The van der Waals surface area contributed by atoms with Gasteiger partial charge in [-0.15, -0.1) is 0 Å². The van der Waals surface area contributed by atoms with Gasteiger partial charge < -0.3 is 19.3 Å². The van der Waals surface area contributed by atoms with Gasteiger partial charge in [-0.25, -0.2) is 0 Å². The fourth-order valence-electron chi connectivity index (χ4n) is 2.79. The summed E-state index contributed by atoms with van der Waals surface area (Å²) in [4.78, 5) is 27.0. The number of hydrogen-bond acceptors (Lipinski definition) is 5. The minimum Gasteiger partial charge on any atom is -0.508 e. The molecule has 4 N–H and O–H groups in total. The number of quaternary nitrogens is 1. The minimum absolute atomic E-state index is 0.148. The summed E-state index contributed by atoms with van der Waals surface area (Å²) < 4.78 is 4.95. The molecule has 2 amide bonds. The van der Waals surface area contributed by atoms with E-state index in [9.17, 15) is 14.7 Å². The van der Waals surface area contributed by atoms with E-state index in [1.165, 1.54) is 12.3 Å². The number of furan rings is 1. The highest BCUT2D eigenvalue weighted by Gasteiger charge is 2.22. The molecule has 8 heteroatoms. The Morgan fingerprint density at radius 1 is 1.12 bits per heavy atom. The van der Waals surface area contributed by atoms with Crippen LogP contribution in [-0.4, -0.2) is 49.6 Å². The molecule has 0 bridgehead atoms. The zero-order valence-corrected chi connectivity index (χ0v) is 13.7. The molecule has 0 saturated carbocycles. The molecule has 0 aliphatic carbocycles. The van der Waals surface area contributed by atoms with Crippen molar-refractivity contribution in [3.05, 3.63) is 48.4 Å². The summed E-state index contributed by atoms with van der Waals surface area (Å²) in [6, 6.07) is 10.2. The Bertz CT molecular complexity index is 707. The van der Waals surface area contributed by atoms with Gasteiger partial charge in [0.2, 0.25) is 0 Å². The lowest BCUT2D eigenvalue weighted by Crippen LogP contribution is -3.16. The second-order valence-corrected chi connectivity index (χ2v) is 5.91. The van der Waals surface area contributed by atoms with Crippen molar-refractivity contribution in [1.82, 2.24) is 10.9 Å². The van der Waals surface area contributed by atoms with Gasteiger partial charge in [0.15, 0.2) is 12.3 Å². The highest BCUT2D eigenvalue weighted by molar-refractivity contribution is 5.92. The predicted molar refractivity (Wildman–Crippen MR) is 90.2 cm³/mol. The lowest BCUT2D eigenvalue weighted by atomic mass is 10.2. The highest BCUT2D eigenvalue weighted by atomic mass is 16.3. The highest BCUT2D eigenvalue weighted by Crippen LogP contribution is 2.17. The molecule has 1 fully saturated rings. The second kappa shape index (κ2) is 7.71. The van der Waals surface area contributed by atoms with Crippen molar-refractivity contribution in [2.24, 2.45) is 0 Å². The third-order valence-electron chi connectivity index (χ3n) is 4.16. The van der Waals surface area contributed by atoms with Gasteiger partial charge in [-0.1, -0.05) is 0 Å². The molecule has 1 aromatic carbocycles. The first-order valence-corrected chi connectivity index (χ1v) is 8.12. The first-order chi connectivity index (χ1) is 12.1. The molecule has 8 nitrogen and oxygen atoms in total. The Balaban J connectivity index is 1.40. The molecule has 0 radical (unpaired) electrons. The Morgan fingerprint density at radius 2 is 1.84 bits per heavy atom. The van der Waals surface area contributed by atoms with Crippen LogP contribution in [-0.2, 0) is 4.79 Å². The number of carbonyl (C=O) groups excluding carboxylic acids is 2. The smallest absolute Gasteiger partial charge is 0.305 e. The van der Waals surface area contributed by atoms with Gasteiger partial charge in [0.05, 0.1) is 32.4 Å². The number of rotatable bonds is 4. The van der Waals surface area contributed by atoms with Crippen LogP contribution in [0.15, 0.2) is 47.1 Å². The van der Waals surface area contributed by atoms with Crippen LogP contribution in [0.25, 0.3) is 0 Å². The van der Waals surface area contributed by atoms with E-state index in [0.717, 1.165) is 36.8 Å². The molecule has 2 aromatic rings. The summed E-state index contributed by atoms with van der Waals surface area (Å²) in [6.45, 7) is 3.58. The van der Waals surface area contributed by atoms with Gasteiger partial charge >= 0.3 is 5.91 Å². The molecular formula is C17H21N4O4+. The number of nitrogens with zero attached hydrogens (tertiary/aromatic N) is 1. The number of benzene rings is 1. The quantitative estimate of drug-likeness (QED) is 0.541. The van der Waals surface area contributed by atoms with Crippen molar-refractivity contribution >= 4 is 17.5 Å². The number of phenolic OH excluding ortho intramolecular Hbond substituents is 1. The summed E-state index contributed by atoms with van der Waals surface area (Å²) in [6.07, 6.45) is 1.40. The standard InChI is InChI=1S/C17H20N4O4/c22-14-5-3-13(4-6-14)21-9-7-20(8-10-21)12-16(23)18-19-17(24)15-2-1-11-25-15/h1-6,11,22H,7-10,12H2,(H,18,23)(H,19,24)/p+1. The fraction of sp³-hybridized carbons (Fsp3) is 0.294. The zero-order valence-electron chi connectivity index (χ0n) is 13.7. The maximum absolute atomic E-state index is 12.0.